The molecule has 5 heteroatoms. The lowest BCUT2D eigenvalue weighted by atomic mass is 9.87. The van der Waals surface area contributed by atoms with Crippen LogP contribution in [0, 0.1) is 11.8 Å². The molecule has 0 bridgehead atoms. The summed E-state index contributed by atoms with van der Waals surface area (Å²) in [5, 5.41) is 3.01. The van der Waals surface area contributed by atoms with Gasteiger partial charge in [-0.25, -0.2) is 0 Å². The fourth-order valence-electron chi connectivity index (χ4n) is 3.52. The molecule has 1 N–H and O–H groups in total. The van der Waals surface area contributed by atoms with E-state index in [4.69, 9.17) is 0 Å². The molecule has 2 fully saturated rings. The summed E-state index contributed by atoms with van der Waals surface area (Å²) in [6.07, 6.45) is 7.41. The van der Waals surface area contributed by atoms with E-state index < -0.39 is 0 Å². The van der Waals surface area contributed by atoms with Crippen molar-refractivity contribution >= 4 is 11.8 Å². The molecule has 0 aromatic carbocycles. The van der Waals surface area contributed by atoms with Crippen LogP contribution >= 0.6 is 0 Å². The number of piperidine rings is 1. The van der Waals surface area contributed by atoms with Gasteiger partial charge in [0.2, 0.25) is 11.8 Å². The van der Waals surface area contributed by atoms with Crippen LogP contribution in [0.2, 0.25) is 0 Å². The number of hydrogen-bond donors (Lipinski definition) is 1. The van der Waals surface area contributed by atoms with Crippen molar-refractivity contribution in [1.29, 1.82) is 0 Å². The number of amides is 2. The first-order chi connectivity index (χ1) is 10.6. The van der Waals surface area contributed by atoms with Crippen LogP contribution in [0.1, 0.15) is 44.9 Å². The molecule has 22 heavy (non-hydrogen) atoms. The Kier molecular flexibility index (Phi) is 6.68. The normalized spacial score (nSPS) is 21.1. The fraction of sp³-hybridized carbons (Fsp3) is 0.882. The molecule has 1 aliphatic heterocycles. The van der Waals surface area contributed by atoms with Crippen molar-refractivity contribution in [2.24, 2.45) is 11.8 Å². The van der Waals surface area contributed by atoms with E-state index in [1.165, 1.54) is 19.3 Å². The van der Waals surface area contributed by atoms with Crippen molar-refractivity contribution in [3.05, 3.63) is 0 Å². The van der Waals surface area contributed by atoms with E-state index in [0.29, 0.717) is 12.5 Å². The molecule has 0 atom stereocenters. The Labute approximate surface area is 134 Å². The van der Waals surface area contributed by atoms with Gasteiger partial charge in [-0.15, -0.1) is 0 Å². The number of hydrogen-bond acceptors (Lipinski definition) is 3. The van der Waals surface area contributed by atoms with Crippen molar-refractivity contribution in [2.75, 3.05) is 40.3 Å². The van der Waals surface area contributed by atoms with Crippen LogP contribution in [0.15, 0.2) is 0 Å². The molecule has 0 spiro atoms. The van der Waals surface area contributed by atoms with Crippen LogP contribution in [0.3, 0.4) is 0 Å². The molecule has 126 valence electrons. The van der Waals surface area contributed by atoms with Crippen molar-refractivity contribution in [1.82, 2.24) is 15.1 Å². The summed E-state index contributed by atoms with van der Waals surface area (Å²) in [6, 6.07) is 0. The standard InChI is InChI=1S/C17H31N3O2/c1-19(2)13-10-18-16(21)14-8-11-20(12-9-14)17(22)15-6-4-3-5-7-15/h14-15H,3-13H2,1-2H3,(H,18,21). The Morgan fingerprint density at radius 3 is 2.23 bits per heavy atom. The first-order valence-corrected chi connectivity index (χ1v) is 8.79. The molecule has 1 aliphatic carbocycles. The van der Waals surface area contributed by atoms with Gasteiger partial charge in [-0.05, 0) is 39.8 Å². The Balaban J connectivity index is 1.70. The molecule has 0 unspecified atom stereocenters. The Morgan fingerprint density at radius 2 is 1.64 bits per heavy atom. The lowest BCUT2D eigenvalue weighted by Gasteiger charge is -2.34. The third kappa shape index (κ3) is 4.97. The number of nitrogens with zero attached hydrogens (tertiary/aromatic N) is 2. The second kappa shape index (κ2) is 8.51. The summed E-state index contributed by atoms with van der Waals surface area (Å²) in [5.74, 6) is 0.828. The SMILES string of the molecule is CN(C)CCNC(=O)C1CCN(C(=O)C2CCCCC2)CC1. The van der Waals surface area contributed by atoms with E-state index in [2.05, 4.69) is 10.2 Å². The number of carbonyl (C=O) groups is 2. The lowest BCUT2D eigenvalue weighted by molar-refractivity contribution is -0.140. The maximum absolute atomic E-state index is 12.5. The maximum atomic E-state index is 12.5. The number of carbonyl (C=O) groups excluding carboxylic acids is 2. The summed E-state index contributed by atoms with van der Waals surface area (Å²) < 4.78 is 0. The molecule has 1 saturated carbocycles. The lowest BCUT2D eigenvalue weighted by Crippen LogP contribution is -2.46. The molecule has 0 aromatic rings. The van der Waals surface area contributed by atoms with Gasteiger partial charge in [0.15, 0.2) is 0 Å². The molecule has 0 aromatic heterocycles. The first-order valence-electron chi connectivity index (χ1n) is 8.79. The smallest absolute Gasteiger partial charge is 0.225 e. The Morgan fingerprint density at radius 1 is 1.00 bits per heavy atom. The van der Waals surface area contributed by atoms with E-state index in [1.807, 2.05) is 19.0 Å². The number of likely N-dealkylation sites (tertiary alicyclic amines) is 1. The van der Waals surface area contributed by atoms with E-state index in [0.717, 1.165) is 45.3 Å². The summed E-state index contributed by atoms with van der Waals surface area (Å²) in [4.78, 5) is 28.7. The predicted molar refractivity (Wildman–Crippen MR) is 87.4 cm³/mol. The maximum Gasteiger partial charge on any atom is 0.225 e. The third-order valence-electron chi connectivity index (χ3n) is 4.99. The quantitative estimate of drug-likeness (QED) is 0.837. The average Bonchev–Trinajstić information content (AvgIpc) is 2.54. The second-order valence-corrected chi connectivity index (χ2v) is 7.03. The van der Waals surface area contributed by atoms with Gasteiger partial charge in [0.25, 0.3) is 0 Å². The van der Waals surface area contributed by atoms with Crippen molar-refractivity contribution in [2.45, 2.75) is 44.9 Å². The first kappa shape index (κ1) is 17.3. The van der Waals surface area contributed by atoms with Gasteiger partial charge in [-0.3, -0.25) is 9.59 Å². The highest BCUT2D eigenvalue weighted by Crippen LogP contribution is 2.27. The highest BCUT2D eigenvalue weighted by Gasteiger charge is 2.31. The molecule has 2 aliphatic rings. The van der Waals surface area contributed by atoms with Gasteiger partial charge in [-0.1, -0.05) is 19.3 Å². The zero-order chi connectivity index (χ0) is 15.9. The van der Waals surface area contributed by atoms with Crippen LogP contribution in [-0.2, 0) is 9.59 Å². The minimum absolute atomic E-state index is 0.0811. The van der Waals surface area contributed by atoms with Crippen LogP contribution in [0.25, 0.3) is 0 Å². The van der Waals surface area contributed by atoms with Crippen LogP contribution in [-0.4, -0.2) is 61.9 Å². The van der Waals surface area contributed by atoms with E-state index in [1.54, 1.807) is 0 Å². The molecular formula is C17H31N3O2. The van der Waals surface area contributed by atoms with Gasteiger partial charge in [0.1, 0.15) is 0 Å². The van der Waals surface area contributed by atoms with Gasteiger partial charge in [0, 0.05) is 38.0 Å². The van der Waals surface area contributed by atoms with Crippen molar-refractivity contribution < 1.29 is 9.59 Å². The van der Waals surface area contributed by atoms with Crippen molar-refractivity contribution in [3.63, 3.8) is 0 Å². The van der Waals surface area contributed by atoms with Crippen molar-refractivity contribution in [3.8, 4) is 0 Å². The topological polar surface area (TPSA) is 52.7 Å². The fourth-order valence-corrected chi connectivity index (χ4v) is 3.52. The number of likely N-dealkylation sites (N-methyl/N-ethyl adjacent to an activating group) is 1. The molecule has 0 radical (unpaired) electrons. The molecule has 2 amide bonds. The molecule has 5 nitrogen and oxygen atoms in total. The molecule has 1 heterocycles. The predicted octanol–water partition coefficient (Wildman–Crippen LogP) is 1.48. The van der Waals surface area contributed by atoms with Crippen LogP contribution in [0.4, 0.5) is 0 Å². The second-order valence-electron chi connectivity index (χ2n) is 7.03. The average molecular weight is 309 g/mol. The van der Waals surface area contributed by atoms with Gasteiger partial charge in [-0.2, -0.15) is 0 Å². The summed E-state index contributed by atoms with van der Waals surface area (Å²) in [5.41, 5.74) is 0. The largest absolute Gasteiger partial charge is 0.355 e. The van der Waals surface area contributed by atoms with Gasteiger partial charge in [0.05, 0.1) is 0 Å². The molecular weight excluding hydrogens is 278 g/mol. The molecule has 1 saturated heterocycles. The minimum atomic E-state index is 0.0811. The van der Waals surface area contributed by atoms with Gasteiger partial charge >= 0.3 is 0 Å². The van der Waals surface area contributed by atoms with Crippen LogP contribution < -0.4 is 5.32 Å². The molecule has 2 rings (SSSR count). The highest BCUT2D eigenvalue weighted by atomic mass is 16.2. The monoisotopic (exact) mass is 309 g/mol. The summed E-state index contributed by atoms with van der Waals surface area (Å²) in [6.45, 7) is 3.07. The zero-order valence-electron chi connectivity index (χ0n) is 14.1. The number of nitrogens with one attached hydrogen (secondary N) is 1. The third-order valence-corrected chi connectivity index (χ3v) is 4.99. The van der Waals surface area contributed by atoms with E-state index in [-0.39, 0.29) is 17.7 Å². The van der Waals surface area contributed by atoms with E-state index in [9.17, 15) is 9.59 Å². The zero-order valence-corrected chi connectivity index (χ0v) is 14.1. The van der Waals surface area contributed by atoms with Gasteiger partial charge < -0.3 is 15.1 Å². The van der Waals surface area contributed by atoms with E-state index >= 15 is 0 Å². The highest BCUT2D eigenvalue weighted by molar-refractivity contribution is 5.81. The summed E-state index contributed by atoms with van der Waals surface area (Å²) >= 11 is 0. The Bertz CT molecular complexity index is 370. The Hall–Kier alpha value is -1.10. The number of rotatable bonds is 5. The minimum Gasteiger partial charge on any atom is -0.355 e. The summed E-state index contributed by atoms with van der Waals surface area (Å²) in [7, 11) is 4.00. The van der Waals surface area contributed by atoms with Crippen LogP contribution in [0.5, 0.6) is 0 Å².